The molecular formula is C20H24N4O4S. The Kier molecular flexibility index (Phi) is 5.16. The topological polar surface area (TPSA) is 107 Å². The Bertz CT molecular complexity index is 1150. The molecule has 1 fully saturated rings. The second-order valence-electron chi connectivity index (χ2n) is 7.43. The summed E-state index contributed by atoms with van der Waals surface area (Å²) in [5, 5.41) is 8.18. The Morgan fingerprint density at radius 2 is 2.24 bits per heavy atom. The van der Waals surface area contributed by atoms with Crippen LogP contribution in [0.5, 0.6) is 0 Å². The van der Waals surface area contributed by atoms with Gasteiger partial charge < -0.3 is 9.73 Å². The molecule has 0 spiro atoms. The van der Waals surface area contributed by atoms with E-state index >= 15 is 0 Å². The van der Waals surface area contributed by atoms with Gasteiger partial charge >= 0.3 is 0 Å². The van der Waals surface area contributed by atoms with Crippen molar-refractivity contribution < 1.29 is 17.6 Å². The van der Waals surface area contributed by atoms with Crippen molar-refractivity contribution in [3.05, 3.63) is 35.7 Å². The Morgan fingerprint density at radius 3 is 2.90 bits per heavy atom. The van der Waals surface area contributed by atoms with Crippen LogP contribution in [0.2, 0.25) is 0 Å². The number of hydrogen-bond acceptors (Lipinski definition) is 6. The number of carbonyl (C=O) groups excluding carboxylic acids is 1. The second kappa shape index (κ2) is 7.62. The molecule has 3 aromatic heterocycles. The zero-order valence-corrected chi connectivity index (χ0v) is 17.3. The van der Waals surface area contributed by atoms with Crippen LogP contribution in [0.1, 0.15) is 48.3 Å². The van der Waals surface area contributed by atoms with Crippen molar-refractivity contribution in [3.8, 4) is 11.5 Å². The third-order valence-electron chi connectivity index (χ3n) is 5.23. The summed E-state index contributed by atoms with van der Waals surface area (Å²) in [5.74, 6) is 0.521. The zero-order chi connectivity index (χ0) is 20.6. The monoisotopic (exact) mass is 416 g/mol. The number of aryl methyl sites for hydroxylation is 1. The highest BCUT2D eigenvalue weighted by Crippen LogP contribution is 2.32. The maximum absolute atomic E-state index is 12.9. The number of carbonyl (C=O) groups is 1. The molecular weight excluding hydrogens is 392 g/mol. The van der Waals surface area contributed by atoms with Crippen molar-refractivity contribution in [2.75, 3.05) is 18.1 Å². The van der Waals surface area contributed by atoms with Gasteiger partial charge in [0.25, 0.3) is 5.91 Å². The zero-order valence-electron chi connectivity index (χ0n) is 16.5. The van der Waals surface area contributed by atoms with E-state index in [0.717, 1.165) is 12.8 Å². The van der Waals surface area contributed by atoms with Gasteiger partial charge in [0.05, 0.1) is 40.5 Å². The fourth-order valence-corrected chi connectivity index (χ4v) is 5.43. The first-order valence-electron chi connectivity index (χ1n) is 9.82. The van der Waals surface area contributed by atoms with Crippen LogP contribution >= 0.6 is 0 Å². The highest BCUT2D eigenvalue weighted by molar-refractivity contribution is 7.91. The van der Waals surface area contributed by atoms with E-state index in [9.17, 15) is 13.2 Å². The SMILES string of the molecule is CCCCNC(=O)c1cc(-c2ccco2)nc2c1c(C)nn2C1CCS(=O)(=O)C1. The Balaban J connectivity index is 1.86. The Morgan fingerprint density at radius 1 is 1.41 bits per heavy atom. The van der Waals surface area contributed by atoms with Crippen LogP contribution in [0, 0.1) is 6.92 Å². The molecule has 29 heavy (non-hydrogen) atoms. The van der Waals surface area contributed by atoms with E-state index in [1.54, 1.807) is 29.1 Å². The quantitative estimate of drug-likeness (QED) is 0.619. The van der Waals surface area contributed by atoms with Crippen molar-refractivity contribution in [2.45, 2.75) is 39.2 Å². The van der Waals surface area contributed by atoms with Crippen molar-refractivity contribution in [1.82, 2.24) is 20.1 Å². The molecule has 1 amide bonds. The number of aromatic nitrogens is 3. The summed E-state index contributed by atoms with van der Waals surface area (Å²) in [6.45, 7) is 4.47. The van der Waals surface area contributed by atoms with Gasteiger partial charge in [-0.2, -0.15) is 5.10 Å². The summed E-state index contributed by atoms with van der Waals surface area (Å²) in [4.78, 5) is 17.6. The van der Waals surface area contributed by atoms with Crippen LogP contribution in [0.3, 0.4) is 0 Å². The molecule has 0 radical (unpaired) electrons. The molecule has 154 valence electrons. The average Bonchev–Trinajstić information content (AvgIpc) is 3.40. The van der Waals surface area contributed by atoms with Gasteiger partial charge in [0, 0.05) is 6.54 Å². The van der Waals surface area contributed by atoms with E-state index in [4.69, 9.17) is 9.40 Å². The first kappa shape index (κ1) is 19.6. The number of hydrogen-bond donors (Lipinski definition) is 1. The van der Waals surface area contributed by atoms with Crippen LogP contribution in [-0.2, 0) is 9.84 Å². The lowest BCUT2D eigenvalue weighted by Crippen LogP contribution is -2.25. The standard InChI is InChI=1S/C20H24N4O4S/c1-3-4-8-21-20(25)15-11-16(17-6-5-9-28-17)22-19-18(15)13(2)23-24(19)14-7-10-29(26,27)12-14/h5-6,9,11,14H,3-4,7-8,10,12H2,1-2H3,(H,21,25). The molecule has 4 rings (SSSR count). The molecule has 8 nitrogen and oxygen atoms in total. The summed E-state index contributed by atoms with van der Waals surface area (Å²) in [6, 6.07) is 4.97. The summed E-state index contributed by atoms with van der Waals surface area (Å²) >= 11 is 0. The van der Waals surface area contributed by atoms with E-state index in [1.165, 1.54) is 0 Å². The lowest BCUT2D eigenvalue weighted by Gasteiger charge is -2.11. The predicted octanol–water partition coefficient (Wildman–Crippen LogP) is 2.89. The van der Waals surface area contributed by atoms with Gasteiger partial charge in [-0.3, -0.25) is 4.79 Å². The molecule has 1 atom stereocenters. The number of furan rings is 1. The lowest BCUT2D eigenvalue weighted by molar-refractivity contribution is 0.0954. The Hall–Kier alpha value is -2.68. The first-order valence-corrected chi connectivity index (χ1v) is 11.6. The molecule has 1 unspecified atom stereocenters. The van der Waals surface area contributed by atoms with Crippen molar-refractivity contribution in [2.24, 2.45) is 0 Å². The van der Waals surface area contributed by atoms with Gasteiger partial charge in [-0.05, 0) is 38.0 Å². The van der Waals surface area contributed by atoms with E-state index in [0.29, 0.717) is 46.7 Å². The lowest BCUT2D eigenvalue weighted by atomic mass is 10.1. The molecule has 1 aliphatic rings. The summed E-state index contributed by atoms with van der Waals surface area (Å²) < 4.78 is 31.1. The van der Waals surface area contributed by atoms with Crippen molar-refractivity contribution in [3.63, 3.8) is 0 Å². The van der Waals surface area contributed by atoms with Gasteiger partial charge in [-0.25, -0.2) is 18.1 Å². The molecule has 9 heteroatoms. The minimum absolute atomic E-state index is 0.0356. The van der Waals surface area contributed by atoms with E-state index in [1.807, 2.05) is 6.92 Å². The third-order valence-corrected chi connectivity index (χ3v) is 6.98. The van der Waals surface area contributed by atoms with E-state index < -0.39 is 9.84 Å². The molecule has 4 heterocycles. The first-order chi connectivity index (χ1) is 13.9. The molecule has 0 bridgehead atoms. The van der Waals surface area contributed by atoms with E-state index in [-0.39, 0.29) is 23.5 Å². The minimum Gasteiger partial charge on any atom is -0.463 e. The fraction of sp³-hybridized carbons (Fsp3) is 0.450. The predicted molar refractivity (Wildman–Crippen MR) is 110 cm³/mol. The summed E-state index contributed by atoms with van der Waals surface area (Å²) in [7, 11) is -3.08. The van der Waals surface area contributed by atoms with Crippen LogP contribution in [0.4, 0.5) is 0 Å². The van der Waals surface area contributed by atoms with E-state index in [2.05, 4.69) is 17.3 Å². The second-order valence-corrected chi connectivity index (χ2v) is 9.66. The minimum atomic E-state index is -3.08. The number of rotatable bonds is 6. The number of sulfone groups is 1. The average molecular weight is 417 g/mol. The van der Waals surface area contributed by atoms with Crippen LogP contribution in [-0.4, -0.2) is 47.1 Å². The Labute approximate surface area is 169 Å². The van der Waals surface area contributed by atoms with Crippen molar-refractivity contribution >= 4 is 26.8 Å². The highest BCUT2D eigenvalue weighted by atomic mass is 32.2. The molecule has 0 saturated carbocycles. The molecule has 3 aromatic rings. The number of nitrogens with one attached hydrogen (secondary N) is 1. The van der Waals surface area contributed by atoms with Gasteiger partial charge in [0.2, 0.25) is 0 Å². The number of nitrogens with zero attached hydrogens (tertiary/aromatic N) is 3. The molecule has 0 aromatic carbocycles. The maximum atomic E-state index is 12.9. The number of fused-ring (bicyclic) bond motifs is 1. The van der Waals surface area contributed by atoms with Gasteiger partial charge in [0.15, 0.2) is 21.2 Å². The van der Waals surface area contributed by atoms with Crippen molar-refractivity contribution in [1.29, 1.82) is 0 Å². The summed E-state index contributed by atoms with van der Waals surface area (Å²) in [6.07, 6.45) is 3.91. The summed E-state index contributed by atoms with van der Waals surface area (Å²) in [5.41, 5.74) is 2.16. The largest absolute Gasteiger partial charge is 0.463 e. The third kappa shape index (κ3) is 3.78. The molecule has 1 saturated heterocycles. The molecule has 1 N–H and O–H groups in total. The molecule has 1 aliphatic heterocycles. The normalized spacial score (nSPS) is 18.3. The number of unbranched alkanes of at least 4 members (excludes halogenated alkanes) is 1. The highest BCUT2D eigenvalue weighted by Gasteiger charge is 2.32. The van der Waals surface area contributed by atoms with Crippen LogP contribution in [0.25, 0.3) is 22.5 Å². The smallest absolute Gasteiger partial charge is 0.252 e. The van der Waals surface area contributed by atoms with Gasteiger partial charge in [-0.1, -0.05) is 13.3 Å². The molecule has 0 aliphatic carbocycles. The number of amides is 1. The van der Waals surface area contributed by atoms with Crippen LogP contribution in [0.15, 0.2) is 28.9 Å². The maximum Gasteiger partial charge on any atom is 0.252 e. The van der Waals surface area contributed by atoms with Gasteiger partial charge in [0.1, 0.15) is 5.69 Å². The van der Waals surface area contributed by atoms with Crippen LogP contribution < -0.4 is 5.32 Å². The fourth-order valence-electron chi connectivity index (χ4n) is 3.74. The van der Waals surface area contributed by atoms with Gasteiger partial charge in [-0.15, -0.1) is 0 Å². The number of pyridine rings is 1.